The van der Waals surface area contributed by atoms with Gasteiger partial charge in [0, 0.05) is 21.8 Å². The second kappa shape index (κ2) is 7.07. The van der Waals surface area contributed by atoms with Crippen LogP contribution in [-0.2, 0) is 6.54 Å². The van der Waals surface area contributed by atoms with Crippen LogP contribution in [0, 0.1) is 0 Å². The summed E-state index contributed by atoms with van der Waals surface area (Å²) in [5, 5.41) is 5.90. The average molecular weight is 420 g/mol. The second-order valence-corrected chi connectivity index (χ2v) is 7.62. The Labute approximate surface area is 177 Å². The van der Waals surface area contributed by atoms with Crippen LogP contribution in [0.2, 0.25) is 10.0 Å². The number of rotatable bonds is 3. The number of benzene rings is 3. The Morgan fingerprint density at radius 1 is 0.828 bits per heavy atom. The van der Waals surface area contributed by atoms with Crippen molar-refractivity contribution in [1.29, 1.82) is 0 Å². The number of fused-ring (bicyclic) bond motifs is 1. The molecule has 0 N–H and O–H groups in total. The molecular weight excluding hydrogens is 405 g/mol. The molecule has 1 amide bonds. The van der Waals surface area contributed by atoms with E-state index in [0.29, 0.717) is 22.3 Å². The molecule has 0 aliphatic carbocycles. The van der Waals surface area contributed by atoms with Gasteiger partial charge in [0.25, 0.3) is 5.91 Å². The highest BCUT2D eigenvalue weighted by Gasteiger charge is 2.36. The van der Waals surface area contributed by atoms with Crippen LogP contribution in [0.5, 0.6) is 0 Å². The maximum Gasteiger partial charge on any atom is 0.279 e. The summed E-state index contributed by atoms with van der Waals surface area (Å²) in [4.78, 5) is 14.9. The largest absolute Gasteiger partial charge is 0.302 e. The second-order valence-electron chi connectivity index (χ2n) is 6.77. The fraction of sp³-hybridized carbons (Fsp3) is 0.0435. The van der Waals surface area contributed by atoms with Crippen LogP contribution in [0.4, 0.5) is 5.69 Å². The first kappa shape index (κ1) is 18.0. The number of hydrogen-bond donors (Lipinski definition) is 0. The van der Waals surface area contributed by atoms with Crippen LogP contribution in [0.25, 0.3) is 16.9 Å². The van der Waals surface area contributed by atoms with Crippen LogP contribution >= 0.6 is 23.2 Å². The van der Waals surface area contributed by atoms with Gasteiger partial charge in [-0.25, -0.2) is 4.68 Å². The van der Waals surface area contributed by atoms with E-state index in [-0.39, 0.29) is 5.91 Å². The molecule has 1 aromatic heterocycles. The van der Waals surface area contributed by atoms with Crippen LogP contribution in [0.1, 0.15) is 16.1 Å². The third kappa shape index (κ3) is 3.01. The van der Waals surface area contributed by atoms with Gasteiger partial charge in [-0.05, 0) is 36.4 Å². The van der Waals surface area contributed by atoms with E-state index in [4.69, 9.17) is 23.2 Å². The molecule has 0 saturated carbocycles. The van der Waals surface area contributed by atoms with Gasteiger partial charge in [-0.1, -0.05) is 65.7 Å². The molecule has 1 aliphatic rings. The van der Waals surface area contributed by atoms with Crippen molar-refractivity contribution < 1.29 is 4.79 Å². The number of amides is 1. The standard InChI is InChI=1S/C23H15Cl2N3O/c24-16-12-10-15(11-13-16)22-18-14-27(17-6-2-1-3-7-17)23(29)21(18)26-28(22)20-9-5-4-8-19(20)25/h1-13H,14H2. The Bertz CT molecular complexity index is 1220. The first-order valence-corrected chi connectivity index (χ1v) is 9.89. The van der Waals surface area contributed by atoms with Crippen LogP contribution in [0.3, 0.4) is 0 Å². The number of carbonyl (C=O) groups is 1. The molecule has 0 atom stereocenters. The van der Waals surface area contributed by atoms with Crippen LogP contribution < -0.4 is 4.90 Å². The minimum atomic E-state index is -0.118. The summed E-state index contributed by atoms with van der Waals surface area (Å²) in [6, 6.07) is 24.6. The minimum Gasteiger partial charge on any atom is -0.302 e. The number of hydrogen-bond acceptors (Lipinski definition) is 2. The average Bonchev–Trinajstić information content (AvgIpc) is 3.26. The van der Waals surface area contributed by atoms with E-state index < -0.39 is 0 Å². The van der Waals surface area contributed by atoms with Gasteiger partial charge in [0.2, 0.25) is 0 Å². The Morgan fingerprint density at radius 2 is 1.52 bits per heavy atom. The van der Waals surface area contributed by atoms with E-state index in [2.05, 4.69) is 5.10 Å². The molecular formula is C23H15Cl2N3O. The molecule has 2 heterocycles. The fourth-order valence-corrected chi connectivity index (χ4v) is 3.99. The molecule has 3 aromatic carbocycles. The molecule has 0 spiro atoms. The van der Waals surface area contributed by atoms with E-state index >= 15 is 0 Å². The highest BCUT2D eigenvalue weighted by Crippen LogP contribution is 2.38. The normalized spacial score (nSPS) is 13.0. The molecule has 5 rings (SSSR count). The number of anilines is 1. The molecule has 6 heteroatoms. The lowest BCUT2D eigenvalue weighted by atomic mass is 10.1. The van der Waals surface area contributed by atoms with E-state index in [0.717, 1.165) is 28.2 Å². The Morgan fingerprint density at radius 3 is 2.24 bits per heavy atom. The van der Waals surface area contributed by atoms with Crippen molar-refractivity contribution in [2.75, 3.05) is 4.90 Å². The molecule has 0 bridgehead atoms. The van der Waals surface area contributed by atoms with Crippen LogP contribution in [0.15, 0.2) is 78.9 Å². The fourth-order valence-electron chi connectivity index (χ4n) is 3.65. The maximum atomic E-state index is 13.2. The molecule has 0 unspecified atom stereocenters. The van der Waals surface area contributed by atoms with Gasteiger partial charge in [0.1, 0.15) is 0 Å². The summed E-state index contributed by atoms with van der Waals surface area (Å²) < 4.78 is 1.76. The Balaban J connectivity index is 1.70. The van der Waals surface area contributed by atoms with Crippen LogP contribution in [-0.4, -0.2) is 15.7 Å². The summed E-state index contributed by atoms with van der Waals surface area (Å²) in [6.07, 6.45) is 0. The van der Waals surface area contributed by atoms with Crippen molar-refractivity contribution in [2.45, 2.75) is 6.54 Å². The SMILES string of the molecule is O=C1c2nn(-c3ccccc3Cl)c(-c3ccc(Cl)cc3)c2CN1c1ccccc1. The zero-order valence-electron chi connectivity index (χ0n) is 15.2. The third-order valence-corrected chi connectivity index (χ3v) is 5.59. The van der Waals surface area contributed by atoms with Gasteiger partial charge >= 0.3 is 0 Å². The van der Waals surface area contributed by atoms with E-state index in [1.807, 2.05) is 78.9 Å². The highest BCUT2D eigenvalue weighted by molar-refractivity contribution is 6.32. The summed E-state index contributed by atoms with van der Waals surface area (Å²) in [5.74, 6) is -0.118. The molecule has 0 radical (unpaired) electrons. The molecule has 0 saturated heterocycles. The van der Waals surface area contributed by atoms with Crippen molar-refractivity contribution in [3.05, 3.63) is 100 Å². The Hall–Kier alpha value is -3.08. The monoisotopic (exact) mass is 419 g/mol. The summed E-state index contributed by atoms with van der Waals surface area (Å²) in [7, 11) is 0. The maximum absolute atomic E-state index is 13.2. The molecule has 1 aliphatic heterocycles. The van der Waals surface area contributed by atoms with Gasteiger partial charge in [-0.2, -0.15) is 5.10 Å². The van der Waals surface area contributed by atoms with Gasteiger partial charge in [0.15, 0.2) is 5.69 Å². The number of carbonyl (C=O) groups excluding carboxylic acids is 1. The lowest BCUT2D eigenvalue weighted by molar-refractivity contribution is 0.0991. The third-order valence-electron chi connectivity index (χ3n) is 5.01. The van der Waals surface area contributed by atoms with Gasteiger partial charge < -0.3 is 4.90 Å². The van der Waals surface area contributed by atoms with E-state index in [9.17, 15) is 4.79 Å². The number of aromatic nitrogens is 2. The number of halogens is 2. The van der Waals surface area contributed by atoms with Gasteiger partial charge in [0.05, 0.1) is 22.9 Å². The van der Waals surface area contributed by atoms with Gasteiger partial charge in [-0.3, -0.25) is 4.79 Å². The van der Waals surface area contributed by atoms with Gasteiger partial charge in [-0.15, -0.1) is 0 Å². The predicted octanol–water partition coefficient (Wildman–Crippen LogP) is 6.01. The summed E-state index contributed by atoms with van der Waals surface area (Å²) in [5.41, 5.74) is 4.66. The molecule has 0 fully saturated rings. The zero-order valence-corrected chi connectivity index (χ0v) is 16.7. The Kier molecular flexibility index (Phi) is 4.38. The minimum absolute atomic E-state index is 0.118. The van der Waals surface area contributed by atoms with Crippen molar-refractivity contribution >= 4 is 34.8 Å². The summed E-state index contributed by atoms with van der Waals surface area (Å²) >= 11 is 12.5. The van der Waals surface area contributed by atoms with E-state index in [1.54, 1.807) is 9.58 Å². The molecule has 4 nitrogen and oxygen atoms in total. The predicted molar refractivity (Wildman–Crippen MR) is 116 cm³/mol. The van der Waals surface area contributed by atoms with Crippen molar-refractivity contribution in [3.63, 3.8) is 0 Å². The zero-order chi connectivity index (χ0) is 20.0. The van der Waals surface area contributed by atoms with E-state index in [1.165, 1.54) is 0 Å². The molecule has 142 valence electrons. The number of para-hydroxylation sites is 2. The van der Waals surface area contributed by atoms with Crippen molar-refractivity contribution in [1.82, 2.24) is 9.78 Å². The van der Waals surface area contributed by atoms with Crippen molar-refractivity contribution in [3.8, 4) is 16.9 Å². The highest BCUT2D eigenvalue weighted by atomic mass is 35.5. The first-order chi connectivity index (χ1) is 14.1. The molecule has 4 aromatic rings. The lowest BCUT2D eigenvalue weighted by Gasteiger charge is -2.17. The topological polar surface area (TPSA) is 38.1 Å². The molecule has 29 heavy (non-hydrogen) atoms. The smallest absolute Gasteiger partial charge is 0.279 e. The first-order valence-electron chi connectivity index (χ1n) is 9.13. The number of nitrogens with zero attached hydrogens (tertiary/aromatic N) is 3. The lowest BCUT2D eigenvalue weighted by Crippen LogP contribution is -2.24. The summed E-state index contributed by atoms with van der Waals surface area (Å²) in [6.45, 7) is 0.445. The quantitative estimate of drug-likeness (QED) is 0.407. The van der Waals surface area contributed by atoms with Crippen molar-refractivity contribution in [2.24, 2.45) is 0 Å².